The molecule has 6 nitrogen and oxygen atoms in total. The Kier molecular flexibility index (Phi) is 4.84. The molecule has 0 aromatic carbocycles. The van der Waals surface area contributed by atoms with Gasteiger partial charge in [0.15, 0.2) is 0 Å². The fourth-order valence-electron chi connectivity index (χ4n) is 1.35. The third kappa shape index (κ3) is 3.67. The molecule has 7 heteroatoms. The first-order valence-electron chi connectivity index (χ1n) is 5.26. The summed E-state index contributed by atoms with van der Waals surface area (Å²) in [5.74, 6) is -0.409. The third-order valence-electron chi connectivity index (χ3n) is 2.28. The normalized spacial score (nSPS) is 11.8. The van der Waals surface area contributed by atoms with Crippen LogP contribution in [0.2, 0.25) is 0 Å². The van der Waals surface area contributed by atoms with Crippen LogP contribution in [0.1, 0.15) is 13.8 Å². The standard InChI is InChI=1S/C10H14N4O2S/c1-3-13(5-8(2)4-11)9(15)6-14-10(16)17-7-12-14/h7-8H,3,5-6H2,1-2H3. The van der Waals surface area contributed by atoms with Crippen molar-refractivity contribution in [2.24, 2.45) is 5.92 Å². The fourth-order valence-corrected chi connectivity index (χ4v) is 1.83. The van der Waals surface area contributed by atoms with Gasteiger partial charge in [0.1, 0.15) is 12.1 Å². The van der Waals surface area contributed by atoms with Gasteiger partial charge in [0.05, 0.1) is 12.0 Å². The van der Waals surface area contributed by atoms with Crippen LogP contribution < -0.4 is 4.87 Å². The van der Waals surface area contributed by atoms with Gasteiger partial charge in [-0.05, 0) is 13.8 Å². The maximum Gasteiger partial charge on any atom is 0.325 e. The van der Waals surface area contributed by atoms with Gasteiger partial charge in [-0.1, -0.05) is 11.3 Å². The predicted octanol–water partition coefficient (Wildman–Crippen LogP) is 0.313. The highest BCUT2D eigenvalue weighted by Gasteiger charge is 2.16. The number of aromatic nitrogens is 2. The van der Waals surface area contributed by atoms with Gasteiger partial charge in [0.25, 0.3) is 0 Å². The van der Waals surface area contributed by atoms with E-state index in [0.29, 0.717) is 13.1 Å². The van der Waals surface area contributed by atoms with Crippen molar-refractivity contribution in [3.63, 3.8) is 0 Å². The van der Waals surface area contributed by atoms with E-state index < -0.39 is 0 Å². The van der Waals surface area contributed by atoms with Gasteiger partial charge in [-0.15, -0.1) is 0 Å². The molecule has 0 aliphatic rings. The van der Waals surface area contributed by atoms with Gasteiger partial charge in [0.2, 0.25) is 5.91 Å². The van der Waals surface area contributed by atoms with E-state index in [9.17, 15) is 9.59 Å². The van der Waals surface area contributed by atoms with E-state index in [1.165, 1.54) is 5.51 Å². The molecule has 0 N–H and O–H groups in total. The second-order valence-electron chi connectivity index (χ2n) is 3.62. The molecule has 0 aliphatic heterocycles. The first-order chi connectivity index (χ1) is 8.08. The van der Waals surface area contributed by atoms with Crippen LogP contribution in [0.3, 0.4) is 0 Å². The molecular formula is C10H14N4O2S. The first kappa shape index (κ1) is 13.4. The number of hydrogen-bond acceptors (Lipinski definition) is 5. The molecule has 1 aromatic heterocycles. The maximum absolute atomic E-state index is 11.9. The summed E-state index contributed by atoms with van der Waals surface area (Å²) < 4.78 is 1.13. The van der Waals surface area contributed by atoms with Crippen molar-refractivity contribution in [1.82, 2.24) is 14.7 Å². The molecular weight excluding hydrogens is 240 g/mol. The van der Waals surface area contributed by atoms with Crippen LogP contribution in [0, 0.1) is 17.2 Å². The molecule has 0 radical (unpaired) electrons. The van der Waals surface area contributed by atoms with Crippen LogP contribution in [-0.2, 0) is 11.3 Å². The van der Waals surface area contributed by atoms with E-state index in [4.69, 9.17) is 5.26 Å². The van der Waals surface area contributed by atoms with Gasteiger partial charge in [0, 0.05) is 13.1 Å². The average molecular weight is 254 g/mol. The SMILES string of the molecule is CCN(CC(C)C#N)C(=O)Cn1ncsc1=O. The number of carbonyl (C=O) groups excluding carboxylic acids is 1. The van der Waals surface area contributed by atoms with Gasteiger partial charge in [-0.2, -0.15) is 10.4 Å². The molecule has 0 aliphatic carbocycles. The summed E-state index contributed by atoms with van der Waals surface area (Å²) in [5, 5.41) is 12.5. The fraction of sp³-hybridized carbons (Fsp3) is 0.600. The minimum absolute atomic E-state index is 0.0612. The van der Waals surface area contributed by atoms with E-state index in [0.717, 1.165) is 16.0 Å². The van der Waals surface area contributed by atoms with Gasteiger partial charge >= 0.3 is 4.87 Å². The molecule has 0 saturated carbocycles. The van der Waals surface area contributed by atoms with E-state index in [2.05, 4.69) is 11.2 Å². The summed E-state index contributed by atoms with van der Waals surface area (Å²) in [6, 6.07) is 2.08. The number of carbonyl (C=O) groups is 1. The summed E-state index contributed by atoms with van der Waals surface area (Å²) in [6.45, 7) is 4.43. The molecule has 1 aromatic rings. The lowest BCUT2D eigenvalue weighted by Crippen LogP contribution is -2.38. The lowest BCUT2D eigenvalue weighted by atomic mass is 10.2. The Morgan fingerprint density at radius 3 is 2.94 bits per heavy atom. The zero-order chi connectivity index (χ0) is 12.8. The molecule has 1 unspecified atom stereocenters. The van der Waals surface area contributed by atoms with Crippen LogP contribution in [0.15, 0.2) is 10.3 Å². The molecule has 1 heterocycles. The Morgan fingerprint density at radius 1 is 1.76 bits per heavy atom. The van der Waals surface area contributed by atoms with E-state index in [1.54, 1.807) is 11.8 Å². The van der Waals surface area contributed by atoms with Crippen LogP contribution in [0.5, 0.6) is 0 Å². The molecule has 92 valence electrons. The molecule has 1 rings (SSSR count). The summed E-state index contributed by atoms with van der Waals surface area (Å²) in [5.41, 5.74) is 1.41. The van der Waals surface area contributed by atoms with Crippen molar-refractivity contribution >= 4 is 17.2 Å². The number of nitriles is 1. The largest absolute Gasteiger partial charge is 0.340 e. The average Bonchev–Trinajstić information content (AvgIpc) is 2.71. The van der Waals surface area contributed by atoms with Gasteiger partial charge in [-0.3, -0.25) is 9.59 Å². The van der Waals surface area contributed by atoms with E-state index in [-0.39, 0.29) is 23.2 Å². The predicted molar refractivity (Wildman–Crippen MR) is 63.4 cm³/mol. The Morgan fingerprint density at radius 2 is 2.47 bits per heavy atom. The second kappa shape index (κ2) is 6.15. The number of rotatable bonds is 5. The Balaban J connectivity index is 2.65. The number of likely N-dealkylation sites (N-methyl/N-ethyl adjacent to an activating group) is 1. The van der Waals surface area contributed by atoms with Crippen LogP contribution in [0.25, 0.3) is 0 Å². The quantitative estimate of drug-likeness (QED) is 0.757. The molecule has 0 fully saturated rings. The summed E-state index contributed by atoms with van der Waals surface area (Å²) in [6.07, 6.45) is 0. The van der Waals surface area contributed by atoms with Gasteiger partial charge in [-0.25, -0.2) is 4.68 Å². The highest BCUT2D eigenvalue weighted by Crippen LogP contribution is 2.00. The van der Waals surface area contributed by atoms with Crippen LogP contribution in [-0.4, -0.2) is 33.7 Å². The molecule has 0 saturated heterocycles. The zero-order valence-electron chi connectivity index (χ0n) is 9.79. The lowest BCUT2D eigenvalue weighted by Gasteiger charge is -2.21. The van der Waals surface area contributed by atoms with E-state index in [1.807, 2.05) is 6.92 Å². The third-order valence-corrected chi connectivity index (χ3v) is 2.90. The maximum atomic E-state index is 11.9. The van der Waals surface area contributed by atoms with Crippen LogP contribution in [0.4, 0.5) is 0 Å². The summed E-state index contributed by atoms with van der Waals surface area (Å²) in [4.78, 5) is 24.4. The second-order valence-corrected chi connectivity index (χ2v) is 4.42. The lowest BCUT2D eigenvalue weighted by molar-refractivity contribution is -0.132. The smallest absolute Gasteiger partial charge is 0.325 e. The monoisotopic (exact) mass is 254 g/mol. The Labute approximate surface area is 103 Å². The highest BCUT2D eigenvalue weighted by atomic mass is 32.1. The van der Waals surface area contributed by atoms with Crippen molar-refractivity contribution in [1.29, 1.82) is 5.26 Å². The highest BCUT2D eigenvalue weighted by molar-refractivity contribution is 7.06. The number of hydrogen-bond donors (Lipinski definition) is 0. The first-order valence-corrected chi connectivity index (χ1v) is 6.14. The minimum Gasteiger partial charge on any atom is -0.340 e. The molecule has 17 heavy (non-hydrogen) atoms. The van der Waals surface area contributed by atoms with Gasteiger partial charge < -0.3 is 4.90 Å². The topological polar surface area (TPSA) is 79.0 Å². The van der Waals surface area contributed by atoms with Crippen molar-refractivity contribution in [2.75, 3.05) is 13.1 Å². The van der Waals surface area contributed by atoms with Crippen molar-refractivity contribution in [3.05, 3.63) is 15.2 Å². The van der Waals surface area contributed by atoms with Crippen molar-refractivity contribution in [3.8, 4) is 6.07 Å². The molecule has 1 atom stereocenters. The summed E-state index contributed by atoms with van der Waals surface area (Å²) in [7, 11) is 0. The Hall–Kier alpha value is -1.68. The Bertz CT molecular complexity index is 473. The zero-order valence-corrected chi connectivity index (χ0v) is 10.6. The summed E-state index contributed by atoms with van der Waals surface area (Å²) >= 11 is 0.957. The van der Waals surface area contributed by atoms with Crippen molar-refractivity contribution in [2.45, 2.75) is 20.4 Å². The molecule has 0 bridgehead atoms. The minimum atomic E-state index is -0.247. The van der Waals surface area contributed by atoms with Crippen molar-refractivity contribution < 1.29 is 4.79 Å². The van der Waals surface area contributed by atoms with E-state index >= 15 is 0 Å². The number of amides is 1. The molecule has 1 amide bonds. The number of nitrogens with zero attached hydrogens (tertiary/aromatic N) is 4. The van der Waals surface area contributed by atoms with Crippen LogP contribution >= 0.6 is 11.3 Å². The molecule has 0 spiro atoms.